The highest BCUT2D eigenvalue weighted by Crippen LogP contribution is 2.42. The Kier molecular flexibility index (Phi) is 5.83. The van der Waals surface area contributed by atoms with Gasteiger partial charge in [-0.25, -0.2) is 4.98 Å². The molecule has 0 aliphatic carbocycles. The van der Waals surface area contributed by atoms with Gasteiger partial charge in [-0.1, -0.05) is 84.4 Å². The standard InChI is InChI=1S/C29H17ClI2N2/c30-26-23-13-3-1-11-21(23)25(22-12-2-4-14-24(22)26)29-33-27(17-7-5-9-19(31)15-17)28(34-29)18-8-6-10-20(32)16-18/h1-16H,(H,33,34). The molecule has 1 N–H and O–H groups in total. The Morgan fingerprint density at radius 1 is 0.618 bits per heavy atom. The summed E-state index contributed by atoms with van der Waals surface area (Å²) in [5.41, 5.74) is 5.23. The summed E-state index contributed by atoms with van der Waals surface area (Å²) in [5, 5.41) is 5.01. The Morgan fingerprint density at radius 3 is 1.74 bits per heavy atom. The summed E-state index contributed by atoms with van der Waals surface area (Å²) in [5.74, 6) is 0.840. The van der Waals surface area contributed by atoms with E-state index in [4.69, 9.17) is 16.6 Å². The number of H-pyrrole nitrogens is 1. The van der Waals surface area contributed by atoms with Gasteiger partial charge >= 0.3 is 0 Å². The Morgan fingerprint density at radius 2 is 1.15 bits per heavy atom. The van der Waals surface area contributed by atoms with E-state index in [1.165, 1.54) is 7.14 Å². The number of hydrogen-bond acceptors (Lipinski definition) is 1. The number of halogens is 3. The zero-order valence-electron chi connectivity index (χ0n) is 17.8. The quantitative estimate of drug-likeness (QED) is 0.146. The largest absolute Gasteiger partial charge is 0.337 e. The Labute approximate surface area is 229 Å². The summed E-state index contributed by atoms with van der Waals surface area (Å²) in [6.45, 7) is 0. The van der Waals surface area contributed by atoms with E-state index in [0.717, 1.165) is 60.5 Å². The number of aromatic nitrogens is 2. The normalized spacial score (nSPS) is 11.4. The first-order valence-electron chi connectivity index (χ1n) is 10.8. The molecule has 0 radical (unpaired) electrons. The summed E-state index contributed by atoms with van der Waals surface area (Å²) in [4.78, 5) is 8.93. The zero-order chi connectivity index (χ0) is 23.2. The third kappa shape index (κ3) is 3.82. The third-order valence-electron chi connectivity index (χ3n) is 6.02. The second-order valence-electron chi connectivity index (χ2n) is 8.11. The van der Waals surface area contributed by atoms with E-state index < -0.39 is 0 Å². The molecule has 0 saturated heterocycles. The van der Waals surface area contributed by atoms with Crippen LogP contribution >= 0.6 is 56.8 Å². The summed E-state index contributed by atoms with van der Waals surface area (Å²) < 4.78 is 2.36. The van der Waals surface area contributed by atoms with Crippen molar-refractivity contribution < 1.29 is 0 Å². The maximum Gasteiger partial charge on any atom is 0.139 e. The van der Waals surface area contributed by atoms with E-state index in [0.29, 0.717) is 0 Å². The van der Waals surface area contributed by atoms with Crippen LogP contribution < -0.4 is 0 Å². The van der Waals surface area contributed by atoms with Crippen LogP contribution in [0.1, 0.15) is 0 Å². The lowest BCUT2D eigenvalue weighted by Gasteiger charge is -2.12. The average molecular weight is 683 g/mol. The SMILES string of the molecule is Clc1c2ccccc2c(-c2nc(-c3cccc(I)c3)c(-c3cccc(I)c3)[nH]2)c2ccccc12. The van der Waals surface area contributed by atoms with Crippen LogP contribution in [-0.2, 0) is 0 Å². The molecule has 0 saturated carbocycles. The van der Waals surface area contributed by atoms with Crippen LogP contribution in [0.3, 0.4) is 0 Å². The van der Waals surface area contributed by atoms with E-state index in [-0.39, 0.29) is 0 Å². The molecule has 1 aromatic heterocycles. The van der Waals surface area contributed by atoms with E-state index >= 15 is 0 Å². The number of imidazole rings is 1. The number of hydrogen-bond donors (Lipinski definition) is 1. The summed E-state index contributed by atoms with van der Waals surface area (Å²) in [7, 11) is 0. The van der Waals surface area contributed by atoms with Crippen molar-refractivity contribution in [2.24, 2.45) is 0 Å². The van der Waals surface area contributed by atoms with Crippen molar-refractivity contribution in [2.45, 2.75) is 0 Å². The molecular weight excluding hydrogens is 666 g/mol. The number of aromatic amines is 1. The fourth-order valence-corrected chi connectivity index (χ4v) is 5.94. The Balaban J connectivity index is 1.71. The van der Waals surface area contributed by atoms with Gasteiger partial charge in [0, 0.05) is 34.6 Å². The van der Waals surface area contributed by atoms with Gasteiger partial charge in [-0.2, -0.15) is 0 Å². The molecule has 0 bridgehead atoms. The molecule has 6 aromatic rings. The highest BCUT2D eigenvalue weighted by molar-refractivity contribution is 14.1. The van der Waals surface area contributed by atoms with E-state index in [9.17, 15) is 0 Å². The topological polar surface area (TPSA) is 28.7 Å². The fourth-order valence-electron chi connectivity index (χ4n) is 4.52. The van der Waals surface area contributed by atoms with Gasteiger partial charge in [0.05, 0.1) is 16.4 Å². The molecule has 164 valence electrons. The van der Waals surface area contributed by atoms with E-state index in [2.05, 4.69) is 135 Å². The zero-order valence-corrected chi connectivity index (χ0v) is 22.9. The van der Waals surface area contributed by atoms with Gasteiger partial charge < -0.3 is 4.98 Å². The molecule has 0 fully saturated rings. The third-order valence-corrected chi connectivity index (χ3v) is 7.77. The molecule has 1 heterocycles. The van der Waals surface area contributed by atoms with Crippen molar-refractivity contribution in [3.05, 3.63) is 109 Å². The lowest BCUT2D eigenvalue weighted by molar-refractivity contribution is 1.32. The number of rotatable bonds is 3. The smallest absolute Gasteiger partial charge is 0.139 e. The first-order chi connectivity index (χ1) is 16.6. The molecule has 0 aliphatic rings. The minimum absolute atomic E-state index is 0.775. The molecule has 0 aliphatic heterocycles. The second-order valence-corrected chi connectivity index (χ2v) is 11.0. The monoisotopic (exact) mass is 682 g/mol. The lowest BCUT2D eigenvalue weighted by atomic mass is 9.96. The molecule has 34 heavy (non-hydrogen) atoms. The van der Waals surface area contributed by atoms with Gasteiger partial charge in [-0.3, -0.25) is 0 Å². The van der Waals surface area contributed by atoms with E-state index in [1.807, 2.05) is 12.1 Å². The predicted molar refractivity (Wildman–Crippen MR) is 160 cm³/mol. The first kappa shape index (κ1) is 22.1. The molecule has 2 nitrogen and oxygen atoms in total. The fraction of sp³-hybridized carbons (Fsp3) is 0. The number of nitrogens with zero attached hydrogens (tertiary/aromatic N) is 1. The molecule has 0 spiro atoms. The predicted octanol–water partition coefficient (Wildman–Crippen LogP) is 9.58. The summed E-state index contributed by atoms with van der Waals surface area (Å²) in [6, 6.07) is 33.6. The van der Waals surface area contributed by atoms with Crippen molar-refractivity contribution in [2.75, 3.05) is 0 Å². The second kappa shape index (κ2) is 8.98. The van der Waals surface area contributed by atoms with Crippen LogP contribution in [0.15, 0.2) is 97.1 Å². The van der Waals surface area contributed by atoms with Gasteiger partial charge in [-0.15, -0.1) is 0 Å². The van der Waals surface area contributed by atoms with Gasteiger partial charge in [0.2, 0.25) is 0 Å². The van der Waals surface area contributed by atoms with Crippen molar-refractivity contribution in [1.82, 2.24) is 9.97 Å². The van der Waals surface area contributed by atoms with Gasteiger partial charge in [0.1, 0.15) is 5.82 Å². The average Bonchev–Trinajstić information content (AvgIpc) is 3.30. The van der Waals surface area contributed by atoms with Crippen LogP contribution in [0.25, 0.3) is 55.4 Å². The number of nitrogens with one attached hydrogen (secondary N) is 1. The molecule has 0 unspecified atom stereocenters. The maximum atomic E-state index is 6.86. The van der Waals surface area contributed by atoms with E-state index in [1.54, 1.807) is 0 Å². The number of fused-ring (bicyclic) bond motifs is 2. The summed E-state index contributed by atoms with van der Waals surface area (Å²) in [6.07, 6.45) is 0. The molecule has 0 amide bonds. The van der Waals surface area contributed by atoms with Gasteiger partial charge in [0.15, 0.2) is 0 Å². The van der Waals surface area contributed by atoms with Gasteiger partial charge in [-0.05, 0) is 80.2 Å². The maximum absolute atomic E-state index is 6.86. The van der Waals surface area contributed by atoms with Crippen molar-refractivity contribution >= 4 is 78.3 Å². The highest BCUT2D eigenvalue weighted by Gasteiger charge is 2.20. The lowest BCUT2D eigenvalue weighted by Crippen LogP contribution is -1.89. The van der Waals surface area contributed by atoms with Crippen LogP contribution in [-0.4, -0.2) is 9.97 Å². The molecule has 5 heteroatoms. The summed E-state index contributed by atoms with van der Waals surface area (Å²) >= 11 is 11.6. The van der Waals surface area contributed by atoms with Crippen LogP contribution in [0, 0.1) is 7.14 Å². The van der Waals surface area contributed by atoms with Crippen molar-refractivity contribution in [3.8, 4) is 33.9 Å². The first-order valence-corrected chi connectivity index (χ1v) is 13.3. The van der Waals surface area contributed by atoms with Crippen molar-refractivity contribution in [3.63, 3.8) is 0 Å². The Hall–Kier alpha value is -2.42. The molecule has 6 rings (SSSR count). The molecule has 0 atom stereocenters. The number of benzene rings is 5. The van der Waals surface area contributed by atoms with Crippen molar-refractivity contribution in [1.29, 1.82) is 0 Å². The molecule has 5 aromatic carbocycles. The van der Waals surface area contributed by atoms with Crippen LogP contribution in [0.2, 0.25) is 5.02 Å². The molecular formula is C29H17ClI2N2. The minimum Gasteiger partial charge on any atom is -0.337 e. The highest BCUT2D eigenvalue weighted by atomic mass is 127. The minimum atomic E-state index is 0.775. The van der Waals surface area contributed by atoms with Gasteiger partial charge in [0.25, 0.3) is 0 Å². The van der Waals surface area contributed by atoms with Crippen LogP contribution in [0.4, 0.5) is 0 Å². The Bertz CT molecular complexity index is 1580. The van der Waals surface area contributed by atoms with Crippen LogP contribution in [0.5, 0.6) is 0 Å².